The molecule has 1 rings (SSSR count). The molecule has 0 bridgehead atoms. The van der Waals surface area contributed by atoms with Gasteiger partial charge in [-0.1, -0.05) is 57.5 Å². The molecule has 0 spiro atoms. The van der Waals surface area contributed by atoms with Crippen LogP contribution in [0.2, 0.25) is 0 Å². The Morgan fingerprint density at radius 2 is 1.95 bits per heavy atom. The van der Waals surface area contributed by atoms with Crippen LogP contribution in [0.3, 0.4) is 0 Å². The summed E-state index contributed by atoms with van der Waals surface area (Å²) in [6.45, 7) is 7.33. The number of rotatable bonds is 10. The Morgan fingerprint density at radius 1 is 1.24 bits per heavy atom. The number of carbonyl (C=O) groups is 1. The Kier molecular flexibility index (Phi) is 8.76. The molecule has 1 amide bonds. The van der Waals surface area contributed by atoms with E-state index in [9.17, 15) is 4.79 Å². The average molecular weight is 291 g/mol. The highest BCUT2D eigenvalue weighted by atomic mass is 16.5. The number of unbranched alkanes of at least 4 members (excludes halogenated alkanes) is 1. The van der Waals surface area contributed by atoms with Crippen molar-refractivity contribution in [2.45, 2.75) is 52.4 Å². The van der Waals surface area contributed by atoms with Gasteiger partial charge in [-0.05, 0) is 30.7 Å². The number of hydrogen-bond acceptors (Lipinski definition) is 2. The third-order valence-corrected chi connectivity index (χ3v) is 3.84. The first-order valence-electron chi connectivity index (χ1n) is 8.09. The summed E-state index contributed by atoms with van der Waals surface area (Å²) in [6, 6.07) is 10.4. The van der Waals surface area contributed by atoms with Gasteiger partial charge in [0.05, 0.1) is 0 Å². The van der Waals surface area contributed by atoms with Gasteiger partial charge in [-0.15, -0.1) is 0 Å². The van der Waals surface area contributed by atoms with Crippen LogP contribution < -0.4 is 5.32 Å². The van der Waals surface area contributed by atoms with Crippen molar-refractivity contribution in [3.8, 4) is 0 Å². The molecule has 0 aliphatic heterocycles. The number of nitrogens with one attached hydrogen (secondary N) is 1. The van der Waals surface area contributed by atoms with Crippen molar-refractivity contribution in [1.82, 2.24) is 5.32 Å². The lowest BCUT2D eigenvalue weighted by atomic mass is 9.87. The van der Waals surface area contributed by atoms with Gasteiger partial charge in [-0.2, -0.15) is 0 Å². The van der Waals surface area contributed by atoms with Crippen molar-refractivity contribution < 1.29 is 9.53 Å². The minimum absolute atomic E-state index is 0.00457. The summed E-state index contributed by atoms with van der Waals surface area (Å²) in [5.74, 6) is 0.527. The average Bonchev–Trinajstić information content (AvgIpc) is 2.52. The fourth-order valence-electron chi connectivity index (χ4n) is 2.41. The first-order chi connectivity index (χ1) is 10.2. The van der Waals surface area contributed by atoms with Gasteiger partial charge in [0.1, 0.15) is 6.73 Å². The van der Waals surface area contributed by atoms with E-state index in [1.54, 1.807) is 0 Å². The van der Waals surface area contributed by atoms with E-state index in [0.29, 0.717) is 19.3 Å². The Bertz CT molecular complexity index is 391. The molecule has 3 nitrogen and oxygen atoms in total. The molecule has 2 atom stereocenters. The van der Waals surface area contributed by atoms with E-state index in [4.69, 9.17) is 4.74 Å². The van der Waals surface area contributed by atoms with Crippen molar-refractivity contribution in [3.05, 3.63) is 35.9 Å². The predicted octanol–water partition coefficient (Wildman–Crippen LogP) is 4.10. The van der Waals surface area contributed by atoms with E-state index in [1.807, 2.05) is 13.0 Å². The lowest BCUT2D eigenvalue weighted by molar-refractivity contribution is -0.126. The number of benzene rings is 1. The molecule has 0 saturated heterocycles. The molecule has 0 aromatic heterocycles. The van der Waals surface area contributed by atoms with Crippen LogP contribution in [0, 0.1) is 5.92 Å². The third kappa shape index (κ3) is 6.76. The van der Waals surface area contributed by atoms with Crippen LogP contribution >= 0.6 is 0 Å². The fraction of sp³-hybridized carbons (Fsp3) is 0.611. The highest BCUT2D eigenvalue weighted by Gasteiger charge is 2.18. The summed E-state index contributed by atoms with van der Waals surface area (Å²) in [4.78, 5) is 12.1. The van der Waals surface area contributed by atoms with E-state index in [2.05, 4.69) is 43.4 Å². The summed E-state index contributed by atoms with van der Waals surface area (Å²) < 4.78 is 5.38. The molecule has 1 aromatic carbocycles. The van der Waals surface area contributed by atoms with Gasteiger partial charge in [-0.3, -0.25) is 4.79 Å². The maximum atomic E-state index is 12.1. The summed E-state index contributed by atoms with van der Waals surface area (Å²) in [7, 11) is 0. The highest BCUT2D eigenvalue weighted by molar-refractivity contribution is 5.78. The van der Waals surface area contributed by atoms with Crippen LogP contribution in [-0.4, -0.2) is 19.2 Å². The zero-order chi connectivity index (χ0) is 15.5. The SMILES string of the molecule is CCCCOCNC(=O)C(C)CC(CC)c1ccccc1. The second kappa shape index (κ2) is 10.4. The topological polar surface area (TPSA) is 38.3 Å². The first-order valence-corrected chi connectivity index (χ1v) is 8.09. The highest BCUT2D eigenvalue weighted by Crippen LogP contribution is 2.26. The number of carbonyl (C=O) groups excluding carboxylic acids is 1. The molecule has 2 unspecified atom stereocenters. The van der Waals surface area contributed by atoms with Crippen molar-refractivity contribution in [1.29, 1.82) is 0 Å². The second-order valence-corrected chi connectivity index (χ2v) is 5.60. The molecule has 0 saturated carbocycles. The smallest absolute Gasteiger partial charge is 0.224 e. The molecule has 0 fully saturated rings. The summed E-state index contributed by atoms with van der Waals surface area (Å²) in [5, 5.41) is 2.86. The fourth-order valence-corrected chi connectivity index (χ4v) is 2.41. The van der Waals surface area contributed by atoms with Crippen LogP contribution in [0.1, 0.15) is 57.9 Å². The zero-order valence-corrected chi connectivity index (χ0v) is 13.6. The van der Waals surface area contributed by atoms with Gasteiger partial charge < -0.3 is 10.1 Å². The van der Waals surface area contributed by atoms with Gasteiger partial charge in [0, 0.05) is 12.5 Å². The molecular formula is C18H29NO2. The molecule has 1 aromatic rings. The normalized spacial score (nSPS) is 13.7. The lowest BCUT2D eigenvalue weighted by Crippen LogP contribution is -2.32. The zero-order valence-electron chi connectivity index (χ0n) is 13.6. The number of amides is 1. The largest absolute Gasteiger partial charge is 0.361 e. The van der Waals surface area contributed by atoms with Crippen LogP contribution in [0.4, 0.5) is 0 Å². The second-order valence-electron chi connectivity index (χ2n) is 5.60. The van der Waals surface area contributed by atoms with Crippen molar-refractivity contribution >= 4 is 5.91 Å². The lowest BCUT2D eigenvalue weighted by Gasteiger charge is -2.20. The van der Waals surface area contributed by atoms with Gasteiger partial charge >= 0.3 is 0 Å². The van der Waals surface area contributed by atoms with Crippen molar-refractivity contribution in [3.63, 3.8) is 0 Å². The Labute approximate surface area is 129 Å². The van der Waals surface area contributed by atoms with E-state index < -0.39 is 0 Å². The minimum Gasteiger partial charge on any atom is -0.361 e. The molecule has 1 N–H and O–H groups in total. The first kappa shape index (κ1) is 17.7. The van der Waals surface area contributed by atoms with Crippen LogP contribution in [-0.2, 0) is 9.53 Å². The minimum atomic E-state index is 0.00457. The quantitative estimate of drug-likeness (QED) is 0.520. The molecule has 0 aliphatic carbocycles. The summed E-state index contributed by atoms with van der Waals surface area (Å²) in [6.07, 6.45) is 4.08. The van der Waals surface area contributed by atoms with E-state index in [0.717, 1.165) is 25.7 Å². The number of hydrogen-bond donors (Lipinski definition) is 1. The molecule has 3 heteroatoms. The van der Waals surface area contributed by atoms with E-state index >= 15 is 0 Å². The Balaban J connectivity index is 2.36. The van der Waals surface area contributed by atoms with E-state index in [-0.39, 0.29) is 11.8 Å². The third-order valence-electron chi connectivity index (χ3n) is 3.84. The maximum Gasteiger partial charge on any atom is 0.224 e. The van der Waals surface area contributed by atoms with Crippen molar-refractivity contribution in [2.24, 2.45) is 5.92 Å². The van der Waals surface area contributed by atoms with Crippen LogP contribution in [0.5, 0.6) is 0 Å². The standard InChI is InChI=1S/C18H29NO2/c1-4-6-12-21-14-19-18(20)15(3)13-16(5-2)17-10-8-7-9-11-17/h7-11,15-16H,4-6,12-14H2,1-3H3,(H,19,20). The van der Waals surface area contributed by atoms with Gasteiger partial charge in [-0.25, -0.2) is 0 Å². The van der Waals surface area contributed by atoms with Crippen LogP contribution in [0.15, 0.2) is 30.3 Å². The maximum absolute atomic E-state index is 12.1. The van der Waals surface area contributed by atoms with Crippen LogP contribution in [0.25, 0.3) is 0 Å². The van der Waals surface area contributed by atoms with Gasteiger partial charge in [0.15, 0.2) is 0 Å². The predicted molar refractivity (Wildman–Crippen MR) is 87.1 cm³/mol. The van der Waals surface area contributed by atoms with E-state index in [1.165, 1.54) is 5.56 Å². The molecule has 118 valence electrons. The molecule has 0 heterocycles. The Morgan fingerprint density at radius 3 is 2.57 bits per heavy atom. The molecule has 0 radical (unpaired) electrons. The van der Waals surface area contributed by atoms with Crippen molar-refractivity contribution in [2.75, 3.05) is 13.3 Å². The number of ether oxygens (including phenoxy) is 1. The Hall–Kier alpha value is -1.35. The monoisotopic (exact) mass is 291 g/mol. The summed E-state index contributed by atoms with van der Waals surface area (Å²) in [5.41, 5.74) is 1.32. The molecule has 0 aliphatic rings. The van der Waals surface area contributed by atoms with Gasteiger partial charge in [0.2, 0.25) is 5.91 Å². The molecule has 21 heavy (non-hydrogen) atoms. The molecular weight excluding hydrogens is 262 g/mol. The van der Waals surface area contributed by atoms with Gasteiger partial charge in [0.25, 0.3) is 0 Å². The summed E-state index contributed by atoms with van der Waals surface area (Å²) >= 11 is 0.